The molecule has 4 aromatic carbocycles. The minimum Gasteiger partial charge on any atom is -0.368 e. The smallest absolute Gasteiger partial charge is 0.209 e. The molecule has 8 nitrogen and oxygen atoms in total. The molecule has 9 heteroatoms. The van der Waals surface area contributed by atoms with Crippen LogP contribution in [-0.2, 0) is 60.1 Å². The molecule has 0 aromatic heterocycles. The van der Waals surface area contributed by atoms with E-state index in [1.165, 1.54) is 0 Å². The van der Waals surface area contributed by atoms with Gasteiger partial charge in [-0.25, -0.2) is 13.6 Å². The van der Waals surface area contributed by atoms with Crippen LogP contribution >= 0.6 is 0 Å². The SMILES string of the molecule is NS(=O)(=O)CC[C@H]1OC(OCc2ccccc2)[C@@H](OCc2ccccc2)[C@@H](OCc2ccccc2)[C@@H]1OCc1ccccc1. The lowest BCUT2D eigenvalue weighted by molar-refractivity contribution is -0.325. The van der Waals surface area contributed by atoms with Crippen LogP contribution in [-0.4, -0.2) is 44.9 Å². The number of primary sulfonamides is 1. The normalized spacial score (nSPS) is 22.1. The maximum atomic E-state index is 12.1. The Bertz CT molecular complexity index is 1490. The molecule has 0 spiro atoms. The highest BCUT2D eigenvalue weighted by Gasteiger charge is 2.49. The van der Waals surface area contributed by atoms with Crippen molar-refractivity contribution in [1.29, 1.82) is 0 Å². The summed E-state index contributed by atoms with van der Waals surface area (Å²) in [5.41, 5.74) is 3.88. The van der Waals surface area contributed by atoms with Gasteiger partial charge in [-0.1, -0.05) is 121 Å². The Morgan fingerprint density at radius 3 is 1.30 bits per heavy atom. The van der Waals surface area contributed by atoms with Crippen LogP contribution in [0.1, 0.15) is 28.7 Å². The lowest BCUT2D eigenvalue weighted by atomic mass is 9.96. The van der Waals surface area contributed by atoms with Crippen molar-refractivity contribution in [2.24, 2.45) is 5.14 Å². The van der Waals surface area contributed by atoms with E-state index in [0.29, 0.717) is 6.61 Å². The zero-order valence-electron chi connectivity index (χ0n) is 24.5. The molecule has 1 aliphatic heterocycles. The molecule has 5 atom stereocenters. The Balaban J connectivity index is 1.47. The summed E-state index contributed by atoms with van der Waals surface area (Å²) >= 11 is 0. The molecule has 232 valence electrons. The van der Waals surface area contributed by atoms with E-state index in [-0.39, 0.29) is 32.0 Å². The number of rotatable bonds is 15. The van der Waals surface area contributed by atoms with E-state index in [4.69, 9.17) is 28.8 Å². The Morgan fingerprint density at radius 2 is 0.886 bits per heavy atom. The van der Waals surface area contributed by atoms with Crippen LogP contribution in [0.4, 0.5) is 0 Å². The van der Waals surface area contributed by atoms with Crippen LogP contribution in [0.15, 0.2) is 121 Å². The van der Waals surface area contributed by atoms with Crippen molar-refractivity contribution in [3.05, 3.63) is 144 Å². The van der Waals surface area contributed by atoms with Crippen LogP contribution in [0.3, 0.4) is 0 Å². The molecule has 0 aliphatic carbocycles. The maximum absolute atomic E-state index is 12.1. The van der Waals surface area contributed by atoms with Gasteiger partial charge in [0.2, 0.25) is 10.0 Å². The van der Waals surface area contributed by atoms with E-state index in [9.17, 15) is 8.42 Å². The molecule has 2 N–H and O–H groups in total. The summed E-state index contributed by atoms with van der Waals surface area (Å²) in [7, 11) is -3.77. The van der Waals surface area contributed by atoms with Gasteiger partial charge in [0.05, 0.1) is 38.3 Å². The monoisotopic (exact) mass is 617 g/mol. The third kappa shape index (κ3) is 9.80. The molecule has 1 fully saturated rings. The summed E-state index contributed by atoms with van der Waals surface area (Å²) in [5.74, 6) is -0.283. The predicted octanol–water partition coefficient (Wildman–Crippen LogP) is 5.36. The van der Waals surface area contributed by atoms with E-state index in [0.717, 1.165) is 22.3 Å². The average molecular weight is 618 g/mol. The van der Waals surface area contributed by atoms with Crippen molar-refractivity contribution in [1.82, 2.24) is 0 Å². The Hall–Kier alpha value is -3.41. The molecule has 44 heavy (non-hydrogen) atoms. The van der Waals surface area contributed by atoms with Gasteiger partial charge in [0.25, 0.3) is 0 Å². The van der Waals surface area contributed by atoms with Crippen molar-refractivity contribution in [3.63, 3.8) is 0 Å². The molecular formula is C35H39NO7S. The highest BCUT2D eigenvalue weighted by molar-refractivity contribution is 7.89. The molecule has 0 bridgehead atoms. The van der Waals surface area contributed by atoms with Gasteiger partial charge in [0.1, 0.15) is 18.3 Å². The third-order valence-electron chi connectivity index (χ3n) is 7.39. The van der Waals surface area contributed by atoms with Gasteiger partial charge < -0.3 is 23.7 Å². The lowest BCUT2D eigenvalue weighted by Crippen LogP contribution is -2.61. The minimum absolute atomic E-state index is 0.0973. The van der Waals surface area contributed by atoms with Gasteiger partial charge in [-0.3, -0.25) is 0 Å². The largest absolute Gasteiger partial charge is 0.368 e. The molecule has 1 aliphatic rings. The second-order valence-electron chi connectivity index (χ2n) is 10.8. The summed E-state index contributed by atoms with van der Waals surface area (Å²) in [5, 5.41) is 5.43. The number of sulfonamides is 1. The highest BCUT2D eigenvalue weighted by atomic mass is 32.2. The molecule has 1 heterocycles. The topological polar surface area (TPSA) is 106 Å². The van der Waals surface area contributed by atoms with Crippen LogP contribution in [0.2, 0.25) is 0 Å². The first-order valence-corrected chi connectivity index (χ1v) is 16.4. The first kappa shape index (κ1) is 32.0. The molecule has 4 aromatic rings. The lowest BCUT2D eigenvalue weighted by Gasteiger charge is -2.46. The quantitative estimate of drug-likeness (QED) is 0.191. The van der Waals surface area contributed by atoms with Crippen LogP contribution in [0.25, 0.3) is 0 Å². The number of benzene rings is 4. The molecule has 0 amide bonds. The van der Waals surface area contributed by atoms with E-state index < -0.39 is 40.7 Å². The maximum Gasteiger partial charge on any atom is 0.209 e. The van der Waals surface area contributed by atoms with Gasteiger partial charge in [0.15, 0.2) is 6.29 Å². The summed E-state index contributed by atoms with van der Waals surface area (Å²) in [6.45, 7) is 1.11. The molecular weight excluding hydrogens is 578 g/mol. The third-order valence-corrected chi connectivity index (χ3v) is 8.20. The van der Waals surface area contributed by atoms with Gasteiger partial charge in [-0.2, -0.15) is 0 Å². The van der Waals surface area contributed by atoms with Crippen molar-refractivity contribution in [2.75, 3.05) is 5.75 Å². The molecule has 0 radical (unpaired) electrons. The number of hydrogen-bond donors (Lipinski definition) is 1. The summed E-state index contributed by atoms with van der Waals surface area (Å²) in [6.07, 6.45) is -3.52. The van der Waals surface area contributed by atoms with Gasteiger partial charge in [0, 0.05) is 0 Å². The Labute approximate surface area is 259 Å². The van der Waals surface area contributed by atoms with Crippen LogP contribution in [0, 0.1) is 0 Å². The van der Waals surface area contributed by atoms with Gasteiger partial charge >= 0.3 is 0 Å². The minimum atomic E-state index is -3.77. The van der Waals surface area contributed by atoms with Crippen LogP contribution in [0.5, 0.6) is 0 Å². The summed E-state index contributed by atoms with van der Waals surface area (Å²) < 4.78 is 56.7. The first-order valence-electron chi connectivity index (χ1n) is 14.7. The fourth-order valence-corrected chi connectivity index (χ4v) is 5.71. The van der Waals surface area contributed by atoms with Crippen molar-refractivity contribution in [2.45, 2.75) is 63.6 Å². The standard InChI is InChI=1S/C35H39NO7S/c36-44(37,38)22-21-31-32(39-23-27-13-5-1-6-14-27)33(40-24-28-15-7-2-8-16-28)34(41-25-29-17-9-3-10-18-29)35(43-31)42-26-30-19-11-4-12-20-30/h1-20,31-35H,21-26H2,(H2,36,37,38)/t31-,32-,33+,34+,35?/m1/s1. The van der Waals surface area contributed by atoms with Gasteiger partial charge in [-0.15, -0.1) is 0 Å². The van der Waals surface area contributed by atoms with Gasteiger partial charge in [-0.05, 0) is 28.7 Å². The second-order valence-corrected chi connectivity index (χ2v) is 12.5. The first-order chi connectivity index (χ1) is 21.4. The summed E-state index contributed by atoms with van der Waals surface area (Å²) in [6, 6.07) is 39.2. The number of ether oxygens (including phenoxy) is 5. The highest BCUT2D eigenvalue weighted by Crippen LogP contribution is 2.33. The van der Waals surface area contributed by atoms with E-state index in [1.807, 2.05) is 121 Å². The van der Waals surface area contributed by atoms with E-state index in [2.05, 4.69) is 0 Å². The van der Waals surface area contributed by atoms with Crippen molar-refractivity contribution < 1.29 is 32.1 Å². The number of nitrogens with two attached hydrogens (primary N) is 1. The fourth-order valence-electron chi connectivity index (χ4n) is 5.15. The summed E-state index contributed by atoms with van der Waals surface area (Å²) in [4.78, 5) is 0. The van der Waals surface area contributed by atoms with Crippen LogP contribution < -0.4 is 5.14 Å². The Kier molecular flexibility index (Phi) is 11.7. The molecule has 1 unspecified atom stereocenters. The fraction of sp³-hybridized carbons (Fsp3) is 0.314. The molecule has 5 rings (SSSR count). The Morgan fingerprint density at radius 1 is 0.523 bits per heavy atom. The van der Waals surface area contributed by atoms with E-state index >= 15 is 0 Å². The second kappa shape index (κ2) is 16.1. The molecule has 1 saturated heterocycles. The molecule has 0 saturated carbocycles. The zero-order valence-corrected chi connectivity index (χ0v) is 25.3. The zero-order chi connectivity index (χ0) is 30.6. The number of hydrogen-bond acceptors (Lipinski definition) is 7. The predicted molar refractivity (Wildman–Crippen MR) is 168 cm³/mol. The van der Waals surface area contributed by atoms with Crippen molar-refractivity contribution in [3.8, 4) is 0 Å². The van der Waals surface area contributed by atoms with Crippen molar-refractivity contribution >= 4 is 10.0 Å². The van der Waals surface area contributed by atoms with E-state index in [1.54, 1.807) is 0 Å². The average Bonchev–Trinajstić information content (AvgIpc) is 3.05.